The van der Waals surface area contributed by atoms with Gasteiger partial charge in [0.05, 0.1) is 11.4 Å². The van der Waals surface area contributed by atoms with Gasteiger partial charge in [0, 0.05) is 25.0 Å². The minimum Gasteiger partial charge on any atom is -0.268 e. The van der Waals surface area contributed by atoms with E-state index in [-0.39, 0.29) is 6.04 Å². The Balaban J connectivity index is 1.94. The molecule has 7 heteroatoms. The van der Waals surface area contributed by atoms with Gasteiger partial charge in [0.2, 0.25) is 10.0 Å². The van der Waals surface area contributed by atoms with Gasteiger partial charge in [0.25, 0.3) is 0 Å². The fourth-order valence-electron chi connectivity index (χ4n) is 3.77. The van der Waals surface area contributed by atoms with E-state index in [2.05, 4.69) is 5.10 Å². The van der Waals surface area contributed by atoms with E-state index >= 15 is 0 Å². The second-order valence-electron chi connectivity index (χ2n) is 6.17. The van der Waals surface area contributed by atoms with Crippen molar-refractivity contribution >= 4 is 21.6 Å². The monoisotopic (exact) mass is 331 g/mol. The van der Waals surface area contributed by atoms with Crippen molar-refractivity contribution in [2.24, 2.45) is 5.92 Å². The summed E-state index contributed by atoms with van der Waals surface area (Å²) in [7, 11) is -3.42. The SMILES string of the molecule is Cc1nn(CCCCl)c(C)c1S(=O)(=O)N1CC2CCC1C2. The third-order valence-corrected chi connectivity index (χ3v) is 7.18. The highest BCUT2D eigenvalue weighted by Crippen LogP contribution is 2.41. The highest BCUT2D eigenvalue weighted by Gasteiger charge is 2.45. The van der Waals surface area contributed by atoms with Crippen molar-refractivity contribution in [2.45, 2.75) is 57.0 Å². The van der Waals surface area contributed by atoms with Crippen molar-refractivity contribution < 1.29 is 8.42 Å². The van der Waals surface area contributed by atoms with Crippen LogP contribution in [0.1, 0.15) is 37.1 Å². The summed E-state index contributed by atoms with van der Waals surface area (Å²) in [6.45, 7) is 4.97. The molecule has 1 saturated carbocycles. The Morgan fingerprint density at radius 2 is 2.10 bits per heavy atom. The lowest BCUT2D eigenvalue weighted by Gasteiger charge is -2.26. The smallest absolute Gasteiger partial charge is 0.247 e. The van der Waals surface area contributed by atoms with Gasteiger partial charge >= 0.3 is 0 Å². The highest BCUT2D eigenvalue weighted by atomic mass is 35.5. The van der Waals surface area contributed by atoms with Crippen LogP contribution in [0, 0.1) is 19.8 Å². The number of hydrogen-bond acceptors (Lipinski definition) is 3. The topological polar surface area (TPSA) is 55.2 Å². The number of fused-ring (bicyclic) bond motifs is 2. The molecule has 2 atom stereocenters. The predicted octanol–water partition coefficient (Wildman–Crippen LogP) is 2.30. The van der Waals surface area contributed by atoms with Gasteiger partial charge in [-0.3, -0.25) is 4.68 Å². The van der Waals surface area contributed by atoms with E-state index in [9.17, 15) is 8.42 Å². The molecule has 2 aliphatic rings. The summed E-state index contributed by atoms with van der Waals surface area (Å²) in [6, 6.07) is 0.199. The summed E-state index contributed by atoms with van der Waals surface area (Å²) in [5, 5.41) is 4.40. The first-order valence-electron chi connectivity index (χ1n) is 7.57. The molecule has 3 rings (SSSR count). The molecule has 1 saturated heterocycles. The lowest BCUT2D eigenvalue weighted by Crippen LogP contribution is -2.38. The van der Waals surface area contributed by atoms with Gasteiger partial charge in [-0.2, -0.15) is 9.40 Å². The van der Waals surface area contributed by atoms with Gasteiger partial charge in [0.1, 0.15) is 4.90 Å². The second kappa shape index (κ2) is 5.56. The lowest BCUT2D eigenvalue weighted by atomic mass is 10.1. The maximum Gasteiger partial charge on any atom is 0.247 e. The van der Waals surface area contributed by atoms with Crippen molar-refractivity contribution in [1.29, 1.82) is 0 Å². The number of sulfonamides is 1. The number of nitrogens with zero attached hydrogens (tertiary/aromatic N) is 3. The summed E-state index contributed by atoms with van der Waals surface area (Å²) in [6.07, 6.45) is 3.99. The maximum absolute atomic E-state index is 13.0. The minimum atomic E-state index is -3.42. The van der Waals surface area contributed by atoms with Crippen LogP contribution in [0.3, 0.4) is 0 Å². The van der Waals surface area contributed by atoms with E-state index in [0.29, 0.717) is 35.5 Å². The Kier molecular flexibility index (Phi) is 4.05. The standard InChI is InChI=1S/C14H22ClN3O2S/c1-10-14(11(2)17(16-10)7-3-6-15)21(19,20)18-9-12-4-5-13(18)8-12/h12-13H,3-9H2,1-2H3. The van der Waals surface area contributed by atoms with Gasteiger partial charge in [-0.05, 0) is 45.4 Å². The fourth-order valence-corrected chi connectivity index (χ4v) is 6.01. The highest BCUT2D eigenvalue weighted by molar-refractivity contribution is 7.89. The van der Waals surface area contributed by atoms with E-state index in [1.807, 2.05) is 6.92 Å². The van der Waals surface area contributed by atoms with E-state index in [0.717, 1.165) is 25.0 Å². The average Bonchev–Trinajstić information content (AvgIpc) is 3.11. The van der Waals surface area contributed by atoms with Crippen LogP contribution in [0.5, 0.6) is 0 Å². The number of alkyl halides is 1. The first-order valence-corrected chi connectivity index (χ1v) is 9.54. The molecule has 2 fully saturated rings. The first-order chi connectivity index (χ1) is 9.95. The van der Waals surface area contributed by atoms with Gasteiger partial charge in [0.15, 0.2) is 0 Å². The number of hydrogen-bond donors (Lipinski definition) is 0. The molecule has 2 heterocycles. The number of aryl methyl sites for hydroxylation is 2. The Hall–Kier alpha value is -0.590. The van der Waals surface area contributed by atoms with Crippen LogP contribution in [0.4, 0.5) is 0 Å². The third kappa shape index (κ3) is 2.51. The van der Waals surface area contributed by atoms with Crippen molar-refractivity contribution in [2.75, 3.05) is 12.4 Å². The number of piperidine rings is 1. The molecule has 21 heavy (non-hydrogen) atoms. The van der Waals surface area contributed by atoms with E-state index < -0.39 is 10.0 Å². The van der Waals surface area contributed by atoms with E-state index in [1.165, 1.54) is 6.42 Å². The Morgan fingerprint density at radius 1 is 1.33 bits per heavy atom. The van der Waals surface area contributed by atoms with E-state index in [4.69, 9.17) is 11.6 Å². The molecule has 0 spiro atoms. The minimum absolute atomic E-state index is 0.199. The molecule has 0 radical (unpaired) electrons. The Morgan fingerprint density at radius 3 is 2.67 bits per heavy atom. The van der Waals surface area contributed by atoms with Crippen LogP contribution in [0.2, 0.25) is 0 Å². The van der Waals surface area contributed by atoms with Crippen LogP contribution in [-0.4, -0.2) is 41.0 Å². The summed E-state index contributed by atoms with van der Waals surface area (Å²) in [4.78, 5) is 0.407. The van der Waals surface area contributed by atoms with Crippen molar-refractivity contribution in [1.82, 2.24) is 14.1 Å². The zero-order valence-corrected chi connectivity index (χ0v) is 14.1. The second-order valence-corrected chi connectivity index (χ2v) is 8.38. The quantitative estimate of drug-likeness (QED) is 0.778. The normalized spacial score (nSPS) is 25.9. The zero-order valence-electron chi connectivity index (χ0n) is 12.5. The van der Waals surface area contributed by atoms with Crippen LogP contribution in [0.15, 0.2) is 4.90 Å². The molecular formula is C14H22ClN3O2S. The largest absolute Gasteiger partial charge is 0.268 e. The Labute approximate surface area is 131 Å². The summed E-state index contributed by atoms with van der Waals surface area (Å²) < 4.78 is 29.5. The predicted molar refractivity (Wildman–Crippen MR) is 82.1 cm³/mol. The van der Waals surface area contributed by atoms with Crippen molar-refractivity contribution in [3.63, 3.8) is 0 Å². The summed E-state index contributed by atoms with van der Waals surface area (Å²) in [5.41, 5.74) is 1.34. The molecule has 5 nitrogen and oxygen atoms in total. The van der Waals surface area contributed by atoms with Gasteiger partial charge in [-0.1, -0.05) is 0 Å². The van der Waals surface area contributed by atoms with Crippen LogP contribution in [-0.2, 0) is 16.6 Å². The van der Waals surface area contributed by atoms with Gasteiger partial charge < -0.3 is 0 Å². The number of halogens is 1. The average molecular weight is 332 g/mol. The van der Waals surface area contributed by atoms with Crippen LogP contribution < -0.4 is 0 Å². The molecule has 1 aliphatic heterocycles. The number of aromatic nitrogens is 2. The number of rotatable bonds is 5. The van der Waals surface area contributed by atoms with Crippen LogP contribution in [0.25, 0.3) is 0 Å². The van der Waals surface area contributed by atoms with Crippen LogP contribution >= 0.6 is 11.6 Å². The van der Waals surface area contributed by atoms with Gasteiger partial charge in [-0.25, -0.2) is 8.42 Å². The fraction of sp³-hybridized carbons (Fsp3) is 0.786. The molecule has 2 bridgehead atoms. The molecule has 1 aliphatic carbocycles. The Bertz CT molecular complexity index is 641. The first kappa shape index (κ1) is 15.3. The molecule has 118 valence electrons. The molecule has 0 N–H and O–H groups in total. The zero-order chi connectivity index (χ0) is 15.2. The molecule has 0 amide bonds. The lowest BCUT2D eigenvalue weighted by molar-refractivity contribution is 0.333. The van der Waals surface area contributed by atoms with Gasteiger partial charge in [-0.15, -0.1) is 11.6 Å². The van der Waals surface area contributed by atoms with Crippen molar-refractivity contribution in [3.8, 4) is 0 Å². The molecular weight excluding hydrogens is 310 g/mol. The maximum atomic E-state index is 13.0. The van der Waals surface area contributed by atoms with Crippen molar-refractivity contribution in [3.05, 3.63) is 11.4 Å². The molecule has 1 aromatic rings. The summed E-state index contributed by atoms with van der Waals surface area (Å²) >= 11 is 5.72. The third-order valence-electron chi connectivity index (χ3n) is 4.74. The van der Waals surface area contributed by atoms with E-state index in [1.54, 1.807) is 15.9 Å². The summed E-state index contributed by atoms with van der Waals surface area (Å²) in [5.74, 6) is 1.10. The molecule has 1 aromatic heterocycles. The molecule has 2 unspecified atom stereocenters. The molecule has 0 aromatic carbocycles.